The Morgan fingerprint density at radius 2 is 1.73 bits per heavy atom. The van der Waals surface area contributed by atoms with Crippen molar-refractivity contribution in [2.75, 3.05) is 31.3 Å². The van der Waals surface area contributed by atoms with Gasteiger partial charge < -0.3 is 15.5 Å². The molecular weight excluding hydrogens is 324 g/mol. The van der Waals surface area contributed by atoms with Crippen molar-refractivity contribution >= 4 is 28.2 Å². The maximum Gasteiger partial charge on any atom is 0.225 e. The summed E-state index contributed by atoms with van der Waals surface area (Å²) >= 11 is 0. The molecule has 3 rings (SSSR count). The van der Waals surface area contributed by atoms with Gasteiger partial charge in [0.25, 0.3) is 0 Å². The van der Waals surface area contributed by atoms with E-state index in [0.717, 1.165) is 34.4 Å². The van der Waals surface area contributed by atoms with Gasteiger partial charge in [0.1, 0.15) is 0 Å². The van der Waals surface area contributed by atoms with Crippen molar-refractivity contribution in [3.63, 3.8) is 0 Å². The summed E-state index contributed by atoms with van der Waals surface area (Å²) < 4.78 is 0. The molecule has 0 radical (unpaired) electrons. The second kappa shape index (κ2) is 8.45. The zero-order valence-electron chi connectivity index (χ0n) is 15.2. The number of fused-ring (bicyclic) bond motifs is 1. The molecule has 0 atom stereocenters. The number of nitrogens with zero attached hydrogens (tertiary/aromatic N) is 2. The highest BCUT2D eigenvalue weighted by Crippen LogP contribution is 2.19. The molecule has 2 aromatic carbocycles. The van der Waals surface area contributed by atoms with E-state index < -0.39 is 0 Å². The van der Waals surface area contributed by atoms with Crippen molar-refractivity contribution < 1.29 is 4.79 Å². The van der Waals surface area contributed by atoms with Gasteiger partial charge in [0.05, 0.1) is 5.52 Å². The van der Waals surface area contributed by atoms with Crippen molar-refractivity contribution in [2.24, 2.45) is 0 Å². The minimum absolute atomic E-state index is 0.0289. The number of aromatic nitrogens is 1. The van der Waals surface area contributed by atoms with Crippen molar-refractivity contribution in [3.8, 4) is 0 Å². The van der Waals surface area contributed by atoms with Crippen LogP contribution in [-0.2, 0) is 11.3 Å². The largest absolute Gasteiger partial charge is 0.381 e. The van der Waals surface area contributed by atoms with Gasteiger partial charge in [0.15, 0.2) is 0 Å². The third-order valence-corrected chi connectivity index (χ3v) is 4.15. The number of carbonyl (C=O) groups excluding carboxylic acids is 1. The molecule has 0 bridgehead atoms. The summed E-state index contributed by atoms with van der Waals surface area (Å²) in [5, 5.41) is 7.47. The van der Waals surface area contributed by atoms with Gasteiger partial charge in [0.2, 0.25) is 5.91 Å². The molecule has 1 heterocycles. The lowest BCUT2D eigenvalue weighted by Crippen LogP contribution is -2.20. The molecule has 26 heavy (non-hydrogen) atoms. The topological polar surface area (TPSA) is 57.3 Å². The van der Waals surface area contributed by atoms with Crippen LogP contribution in [0.5, 0.6) is 0 Å². The molecule has 5 nitrogen and oxygen atoms in total. The van der Waals surface area contributed by atoms with Gasteiger partial charge in [-0.15, -0.1) is 0 Å². The number of amides is 1. The Balaban J connectivity index is 1.58. The molecule has 0 fully saturated rings. The summed E-state index contributed by atoms with van der Waals surface area (Å²) in [4.78, 5) is 18.4. The lowest BCUT2D eigenvalue weighted by Gasteiger charge is -2.11. The van der Waals surface area contributed by atoms with E-state index in [-0.39, 0.29) is 5.91 Å². The Kier molecular flexibility index (Phi) is 5.81. The fourth-order valence-corrected chi connectivity index (χ4v) is 2.73. The van der Waals surface area contributed by atoms with Crippen molar-refractivity contribution in [2.45, 2.75) is 13.0 Å². The molecule has 0 aliphatic rings. The number of para-hydroxylation sites is 1. The van der Waals surface area contributed by atoms with Gasteiger partial charge >= 0.3 is 0 Å². The van der Waals surface area contributed by atoms with Crippen LogP contribution in [-0.4, -0.2) is 36.4 Å². The lowest BCUT2D eigenvalue weighted by molar-refractivity contribution is -0.116. The molecule has 134 valence electrons. The van der Waals surface area contributed by atoms with E-state index in [2.05, 4.69) is 33.8 Å². The Hall–Kier alpha value is -2.92. The van der Waals surface area contributed by atoms with Crippen LogP contribution >= 0.6 is 0 Å². The molecule has 1 amide bonds. The van der Waals surface area contributed by atoms with E-state index in [1.54, 1.807) is 0 Å². The van der Waals surface area contributed by atoms with Crippen molar-refractivity contribution in [1.29, 1.82) is 0 Å². The van der Waals surface area contributed by atoms with Crippen LogP contribution in [0.25, 0.3) is 10.9 Å². The van der Waals surface area contributed by atoms with E-state index in [4.69, 9.17) is 0 Å². The van der Waals surface area contributed by atoms with Gasteiger partial charge in [-0.2, -0.15) is 0 Å². The first-order valence-electron chi connectivity index (χ1n) is 8.73. The number of hydrogen-bond donors (Lipinski definition) is 2. The zero-order valence-corrected chi connectivity index (χ0v) is 15.2. The van der Waals surface area contributed by atoms with E-state index in [0.29, 0.717) is 13.0 Å². The van der Waals surface area contributed by atoms with E-state index in [1.807, 2.05) is 61.6 Å². The summed E-state index contributed by atoms with van der Waals surface area (Å²) in [5.41, 5.74) is 3.99. The number of anilines is 2. The lowest BCUT2D eigenvalue weighted by atomic mass is 10.1. The summed E-state index contributed by atoms with van der Waals surface area (Å²) in [7, 11) is 3.92. The summed E-state index contributed by atoms with van der Waals surface area (Å²) in [5.74, 6) is 0.0289. The Morgan fingerprint density at radius 1 is 1.00 bits per heavy atom. The predicted molar refractivity (Wildman–Crippen MR) is 107 cm³/mol. The highest BCUT2D eigenvalue weighted by molar-refractivity contribution is 5.91. The fourth-order valence-electron chi connectivity index (χ4n) is 2.73. The average molecular weight is 348 g/mol. The van der Waals surface area contributed by atoms with Crippen LogP contribution in [0.1, 0.15) is 12.0 Å². The standard InChI is InChI=1S/C21H24N4O/c1-25(2)14-12-20(26)24-19-10-8-18(9-11-19)23-15-17-6-3-5-16-7-4-13-22-21(16)17/h3-11,13,23H,12,14-15H2,1-2H3,(H,24,26). The minimum Gasteiger partial charge on any atom is -0.381 e. The number of rotatable bonds is 7. The Labute approximate surface area is 154 Å². The molecule has 0 spiro atoms. The van der Waals surface area contributed by atoms with Crippen LogP contribution < -0.4 is 10.6 Å². The van der Waals surface area contributed by atoms with E-state index >= 15 is 0 Å². The second-order valence-electron chi connectivity index (χ2n) is 6.52. The summed E-state index contributed by atoms with van der Waals surface area (Å²) in [6, 6.07) is 18.0. The maximum atomic E-state index is 11.9. The van der Waals surface area contributed by atoms with Crippen LogP contribution in [0.4, 0.5) is 11.4 Å². The first-order chi connectivity index (χ1) is 12.6. The van der Waals surface area contributed by atoms with Gasteiger partial charge in [-0.05, 0) is 50.0 Å². The highest BCUT2D eigenvalue weighted by Gasteiger charge is 2.04. The molecule has 3 aromatic rings. The molecule has 2 N–H and O–H groups in total. The number of carbonyl (C=O) groups is 1. The first-order valence-corrected chi connectivity index (χ1v) is 8.73. The number of hydrogen-bond acceptors (Lipinski definition) is 4. The molecule has 0 saturated carbocycles. The van der Waals surface area contributed by atoms with Crippen LogP contribution in [0, 0.1) is 0 Å². The molecule has 1 aromatic heterocycles. The molecular formula is C21H24N4O. The quantitative estimate of drug-likeness (QED) is 0.683. The maximum absolute atomic E-state index is 11.9. The normalized spacial score (nSPS) is 10.9. The van der Waals surface area contributed by atoms with E-state index in [1.165, 1.54) is 0 Å². The third kappa shape index (κ3) is 4.80. The summed E-state index contributed by atoms with van der Waals surface area (Å²) in [6.07, 6.45) is 2.31. The molecule has 0 aliphatic heterocycles. The minimum atomic E-state index is 0.0289. The SMILES string of the molecule is CN(C)CCC(=O)Nc1ccc(NCc2cccc3cccnc23)cc1. The second-order valence-corrected chi connectivity index (χ2v) is 6.52. The van der Waals surface area contributed by atoms with Crippen LogP contribution in [0.2, 0.25) is 0 Å². The predicted octanol–water partition coefficient (Wildman–Crippen LogP) is 3.74. The molecule has 0 unspecified atom stereocenters. The molecule has 0 aliphatic carbocycles. The summed E-state index contributed by atoms with van der Waals surface area (Å²) in [6.45, 7) is 1.44. The highest BCUT2D eigenvalue weighted by atomic mass is 16.1. The van der Waals surface area contributed by atoms with Gasteiger partial charge in [-0.3, -0.25) is 9.78 Å². The van der Waals surface area contributed by atoms with Crippen molar-refractivity contribution in [1.82, 2.24) is 9.88 Å². The number of pyridine rings is 1. The van der Waals surface area contributed by atoms with Crippen LogP contribution in [0.3, 0.4) is 0 Å². The number of nitrogens with one attached hydrogen (secondary N) is 2. The monoisotopic (exact) mass is 348 g/mol. The van der Waals surface area contributed by atoms with Crippen molar-refractivity contribution in [3.05, 3.63) is 66.4 Å². The van der Waals surface area contributed by atoms with E-state index in [9.17, 15) is 4.79 Å². The first kappa shape index (κ1) is 17.9. The smallest absolute Gasteiger partial charge is 0.225 e. The number of benzene rings is 2. The fraction of sp³-hybridized carbons (Fsp3) is 0.238. The van der Waals surface area contributed by atoms with Crippen LogP contribution in [0.15, 0.2) is 60.8 Å². The Bertz CT molecular complexity index is 869. The van der Waals surface area contributed by atoms with Gasteiger partial charge in [0, 0.05) is 42.5 Å². The average Bonchev–Trinajstić information content (AvgIpc) is 2.66. The van der Waals surface area contributed by atoms with Gasteiger partial charge in [-0.1, -0.05) is 24.3 Å². The zero-order chi connectivity index (χ0) is 18.4. The third-order valence-electron chi connectivity index (χ3n) is 4.15. The molecule has 5 heteroatoms. The van der Waals surface area contributed by atoms with Gasteiger partial charge in [-0.25, -0.2) is 0 Å². The Morgan fingerprint density at radius 3 is 2.50 bits per heavy atom. The molecule has 0 saturated heterocycles.